The Kier molecular flexibility index (Phi) is 3.36. The number of nitrogens with two attached hydrogens (primary N) is 1. The van der Waals surface area contributed by atoms with Gasteiger partial charge in [-0.15, -0.1) is 11.6 Å². The second-order valence-corrected chi connectivity index (χ2v) is 3.23. The van der Waals surface area contributed by atoms with Crippen molar-refractivity contribution in [3.8, 4) is 5.75 Å². The van der Waals surface area contributed by atoms with Crippen LogP contribution in [-0.2, 0) is 0 Å². The van der Waals surface area contributed by atoms with Crippen molar-refractivity contribution in [3.05, 3.63) is 23.3 Å². The number of rotatable bonds is 3. The van der Waals surface area contributed by atoms with E-state index in [1.165, 1.54) is 0 Å². The molecule has 0 heterocycles. The molecule has 0 saturated heterocycles. The molecule has 14 heavy (non-hydrogen) atoms. The second kappa shape index (κ2) is 4.33. The number of anilines is 1. The van der Waals surface area contributed by atoms with Crippen molar-refractivity contribution in [3.63, 3.8) is 0 Å². The van der Waals surface area contributed by atoms with E-state index in [1.54, 1.807) is 19.2 Å². The van der Waals surface area contributed by atoms with E-state index in [9.17, 15) is 4.79 Å². The predicted octanol–water partition coefficient (Wildman–Crippen LogP) is 2.01. The van der Waals surface area contributed by atoms with Gasteiger partial charge in [0.15, 0.2) is 5.78 Å². The fourth-order valence-electron chi connectivity index (χ4n) is 1.24. The third kappa shape index (κ3) is 1.99. The number of halogens is 1. The van der Waals surface area contributed by atoms with Crippen molar-refractivity contribution in [1.82, 2.24) is 0 Å². The Hall–Kier alpha value is -1.22. The standard InChI is InChI=1S/C10H12ClNO2/c1-6-3-7(9(13)5-11)8(12)4-10(6)14-2/h3-4H,5,12H2,1-2H3. The first-order valence-corrected chi connectivity index (χ1v) is 4.67. The number of aryl methyl sites for hydroxylation is 1. The molecule has 1 aromatic carbocycles. The van der Waals surface area contributed by atoms with Crippen LogP contribution in [-0.4, -0.2) is 18.8 Å². The van der Waals surface area contributed by atoms with Gasteiger partial charge in [0.05, 0.1) is 13.0 Å². The molecule has 0 fully saturated rings. The average Bonchev–Trinajstić information content (AvgIpc) is 2.19. The summed E-state index contributed by atoms with van der Waals surface area (Å²) in [5.41, 5.74) is 7.41. The summed E-state index contributed by atoms with van der Waals surface area (Å²) in [4.78, 5) is 11.3. The van der Waals surface area contributed by atoms with Crippen LogP contribution in [0.5, 0.6) is 5.75 Å². The minimum atomic E-state index is -0.171. The summed E-state index contributed by atoms with van der Waals surface area (Å²) < 4.78 is 5.07. The van der Waals surface area contributed by atoms with Crippen LogP contribution < -0.4 is 10.5 Å². The Morgan fingerprint density at radius 3 is 2.71 bits per heavy atom. The number of ketones is 1. The van der Waals surface area contributed by atoms with Crippen LogP contribution in [0.1, 0.15) is 15.9 Å². The smallest absolute Gasteiger partial charge is 0.179 e. The molecule has 2 N–H and O–H groups in total. The fraction of sp³-hybridized carbons (Fsp3) is 0.300. The summed E-state index contributed by atoms with van der Waals surface area (Å²) in [6.45, 7) is 1.85. The Labute approximate surface area is 87.8 Å². The molecular formula is C10H12ClNO2. The molecule has 0 unspecified atom stereocenters. The highest BCUT2D eigenvalue weighted by atomic mass is 35.5. The van der Waals surface area contributed by atoms with Crippen molar-refractivity contribution >= 4 is 23.1 Å². The number of methoxy groups -OCH3 is 1. The SMILES string of the molecule is COc1cc(N)c(C(=O)CCl)cc1C. The summed E-state index contributed by atoms with van der Waals surface area (Å²) in [5.74, 6) is 0.444. The summed E-state index contributed by atoms with van der Waals surface area (Å²) in [6.07, 6.45) is 0. The topological polar surface area (TPSA) is 52.3 Å². The van der Waals surface area contributed by atoms with Gasteiger partial charge in [-0.3, -0.25) is 4.79 Å². The van der Waals surface area contributed by atoms with Gasteiger partial charge >= 0.3 is 0 Å². The van der Waals surface area contributed by atoms with Gasteiger partial charge in [0, 0.05) is 17.3 Å². The van der Waals surface area contributed by atoms with E-state index in [0.29, 0.717) is 17.0 Å². The van der Waals surface area contributed by atoms with Crippen molar-refractivity contribution in [1.29, 1.82) is 0 Å². The molecule has 1 rings (SSSR count). The molecule has 76 valence electrons. The zero-order valence-corrected chi connectivity index (χ0v) is 8.89. The van der Waals surface area contributed by atoms with Gasteiger partial charge < -0.3 is 10.5 Å². The lowest BCUT2D eigenvalue weighted by atomic mass is 10.1. The van der Waals surface area contributed by atoms with Crippen LogP contribution in [0.2, 0.25) is 0 Å². The van der Waals surface area contributed by atoms with Crippen molar-refractivity contribution < 1.29 is 9.53 Å². The molecule has 0 atom stereocenters. The second-order valence-electron chi connectivity index (χ2n) is 2.97. The predicted molar refractivity (Wildman–Crippen MR) is 57.2 cm³/mol. The Morgan fingerprint density at radius 1 is 1.57 bits per heavy atom. The van der Waals surface area contributed by atoms with Crippen LogP contribution in [0.25, 0.3) is 0 Å². The molecule has 0 amide bonds. The lowest BCUT2D eigenvalue weighted by Gasteiger charge is -2.09. The van der Waals surface area contributed by atoms with Gasteiger partial charge in [-0.25, -0.2) is 0 Å². The molecule has 1 aromatic rings. The Bertz CT molecular complexity index is 363. The van der Waals surface area contributed by atoms with Crippen LogP contribution >= 0.6 is 11.6 Å². The van der Waals surface area contributed by atoms with Gasteiger partial charge in [0.2, 0.25) is 0 Å². The lowest BCUT2D eigenvalue weighted by Crippen LogP contribution is -2.06. The molecule has 0 radical (unpaired) electrons. The van der Waals surface area contributed by atoms with E-state index in [1.807, 2.05) is 6.92 Å². The largest absolute Gasteiger partial charge is 0.496 e. The van der Waals surface area contributed by atoms with Crippen LogP contribution in [0, 0.1) is 6.92 Å². The van der Waals surface area contributed by atoms with Gasteiger partial charge in [0.1, 0.15) is 5.75 Å². The maximum atomic E-state index is 11.3. The first kappa shape index (κ1) is 10.9. The summed E-state index contributed by atoms with van der Waals surface area (Å²) >= 11 is 5.45. The first-order chi connectivity index (χ1) is 6.60. The highest BCUT2D eigenvalue weighted by Gasteiger charge is 2.11. The van der Waals surface area contributed by atoms with E-state index >= 15 is 0 Å². The third-order valence-electron chi connectivity index (χ3n) is 1.99. The van der Waals surface area contributed by atoms with E-state index < -0.39 is 0 Å². The van der Waals surface area contributed by atoms with Gasteiger partial charge in [0.25, 0.3) is 0 Å². The number of nitrogen functional groups attached to an aromatic ring is 1. The van der Waals surface area contributed by atoms with Crippen LogP contribution in [0.4, 0.5) is 5.69 Å². The number of hydrogen-bond acceptors (Lipinski definition) is 3. The molecule has 0 aromatic heterocycles. The number of alkyl halides is 1. The zero-order valence-electron chi connectivity index (χ0n) is 8.13. The lowest BCUT2D eigenvalue weighted by molar-refractivity contribution is 0.102. The van der Waals surface area contributed by atoms with E-state index in [-0.39, 0.29) is 11.7 Å². The van der Waals surface area contributed by atoms with Gasteiger partial charge in [-0.1, -0.05) is 0 Å². The molecule has 0 saturated carbocycles. The van der Waals surface area contributed by atoms with E-state index in [4.69, 9.17) is 22.1 Å². The van der Waals surface area contributed by atoms with Gasteiger partial charge in [-0.2, -0.15) is 0 Å². The Morgan fingerprint density at radius 2 is 2.21 bits per heavy atom. The van der Waals surface area contributed by atoms with Crippen LogP contribution in [0.3, 0.4) is 0 Å². The molecule has 0 aliphatic rings. The van der Waals surface area contributed by atoms with Gasteiger partial charge in [-0.05, 0) is 18.6 Å². The molecule has 4 heteroatoms. The highest BCUT2D eigenvalue weighted by Crippen LogP contribution is 2.25. The molecule has 0 bridgehead atoms. The summed E-state index contributed by atoms with van der Waals surface area (Å²) in [5, 5.41) is 0. The average molecular weight is 214 g/mol. The van der Waals surface area contributed by atoms with Crippen molar-refractivity contribution in [2.45, 2.75) is 6.92 Å². The normalized spacial score (nSPS) is 9.93. The number of hydrogen-bond donors (Lipinski definition) is 1. The molecule has 0 spiro atoms. The molecular weight excluding hydrogens is 202 g/mol. The third-order valence-corrected chi connectivity index (χ3v) is 2.23. The Balaban J connectivity index is 3.21. The van der Waals surface area contributed by atoms with Crippen LogP contribution in [0.15, 0.2) is 12.1 Å². The minimum absolute atomic E-state index is 0.0596. The number of Topliss-reactive ketones (excluding diaryl/α,β-unsaturated/α-hetero) is 1. The monoisotopic (exact) mass is 213 g/mol. The van der Waals surface area contributed by atoms with E-state index in [0.717, 1.165) is 5.56 Å². The molecule has 0 aliphatic heterocycles. The number of benzene rings is 1. The maximum Gasteiger partial charge on any atom is 0.179 e. The quantitative estimate of drug-likeness (QED) is 0.475. The summed E-state index contributed by atoms with van der Waals surface area (Å²) in [7, 11) is 1.56. The summed E-state index contributed by atoms with van der Waals surface area (Å²) in [6, 6.07) is 3.33. The number of carbonyl (C=O) groups is 1. The highest BCUT2D eigenvalue weighted by molar-refractivity contribution is 6.31. The number of ether oxygens (including phenoxy) is 1. The molecule has 0 aliphatic carbocycles. The van der Waals surface area contributed by atoms with E-state index in [2.05, 4.69) is 0 Å². The first-order valence-electron chi connectivity index (χ1n) is 4.13. The van der Waals surface area contributed by atoms with Crippen molar-refractivity contribution in [2.75, 3.05) is 18.7 Å². The molecule has 3 nitrogen and oxygen atoms in total. The minimum Gasteiger partial charge on any atom is -0.496 e. The maximum absolute atomic E-state index is 11.3. The van der Waals surface area contributed by atoms with Crippen molar-refractivity contribution in [2.24, 2.45) is 0 Å². The number of carbonyl (C=O) groups excluding carboxylic acids is 1. The zero-order chi connectivity index (χ0) is 10.7. The fourth-order valence-corrected chi connectivity index (χ4v) is 1.38.